The number of rotatable bonds is 5. The van der Waals surface area contributed by atoms with Crippen molar-refractivity contribution in [1.29, 1.82) is 0 Å². The molecule has 0 aromatic carbocycles. The second-order valence-electron chi connectivity index (χ2n) is 3.50. The van der Waals surface area contributed by atoms with Gasteiger partial charge in [0.1, 0.15) is 0 Å². The highest BCUT2D eigenvalue weighted by molar-refractivity contribution is 8.22. The first kappa shape index (κ1) is 11.9. The molecule has 1 atom stereocenters. The average Bonchev–Trinajstić information content (AvgIpc) is 1.87. The zero-order valence-electron chi connectivity index (χ0n) is 8.52. The molecule has 1 unspecified atom stereocenters. The van der Waals surface area contributed by atoms with E-state index in [0.717, 1.165) is 11.3 Å². The Labute approximate surface area is 75.0 Å². The van der Waals surface area contributed by atoms with E-state index < -0.39 is 0 Å². The molecule has 0 saturated carbocycles. The lowest BCUT2D eigenvalue weighted by Gasteiger charge is -2.25. The molecule has 0 aromatic heterocycles. The molecule has 0 spiro atoms. The fourth-order valence-corrected chi connectivity index (χ4v) is 7.24. The third-order valence-corrected chi connectivity index (χ3v) is 9.84. The first-order valence-corrected chi connectivity index (χ1v) is 8.14. The highest BCUT2D eigenvalue weighted by atomic mass is 32.0. The minimum atomic E-state index is 0.343. The van der Waals surface area contributed by atoms with Crippen molar-refractivity contribution >= 4 is 15.9 Å². The SMILES string of the molecule is CCCPP(C(C)C)C(C)C. The van der Waals surface area contributed by atoms with Crippen LogP contribution in [0.4, 0.5) is 0 Å². The first-order valence-electron chi connectivity index (χ1n) is 4.61. The highest BCUT2D eigenvalue weighted by Crippen LogP contribution is 2.62. The fourth-order valence-electron chi connectivity index (χ4n) is 1.20. The van der Waals surface area contributed by atoms with Crippen LogP contribution in [0.15, 0.2) is 0 Å². The average molecular weight is 192 g/mol. The molecule has 11 heavy (non-hydrogen) atoms. The van der Waals surface area contributed by atoms with Crippen molar-refractivity contribution in [3.63, 3.8) is 0 Å². The molecule has 0 amide bonds. The van der Waals surface area contributed by atoms with Gasteiger partial charge in [0.25, 0.3) is 0 Å². The zero-order chi connectivity index (χ0) is 8.85. The monoisotopic (exact) mass is 192 g/mol. The van der Waals surface area contributed by atoms with Crippen molar-refractivity contribution in [3.8, 4) is 0 Å². The molecule has 0 aliphatic rings. The van der Waals surface area contributed by atoms with Gasteiger partial charge in [-0.2, -0.15) is 0 Å². The molecule has 0 heterocycles. The Hall–Kier alpha value is 0.860. The Bertz CT molecular complexity index is 81.6. The van der Waals surface area contributed by atoms with Crippen LogP contribution in [0.25, 0.3) is 0 Å². The van der Waals surface area contributed by atoms with Crippen LogP contribution in [0.1, 0.15) is 41.0 Å². The van der Waals surface area contributed by atoms with Gasteiger partial charge in [0.15, 0.2) is 0 Å². The Morgan fingerprint density at radius 3 is 1.82 bits per heavy atom. The van der Waals surface area contributed by atoms with E-state index in [1.165, 1.54) is 20.9 Å². The summed E-state index contributed by atoms with van der Waals surface area (Å²) in [5.74, 6) is 0. The van der Waals surface area contributed by atoms with Crippen LogP contribution in [0.2, 0.25) is 0 Å². The summed E-state index contributed by atoms with van der Waals surface area (Å²) >= 11 is 0. The standard InChI is InChI=1S/C9H22P2/c1-6-7-10-11(8(2)3)9(4)5/h8-10H,6-7H2,1-5H3. The van der Waals surface area contributed by atoms with Gasteiger partial charge in [-0.1, -0.05) is 56.9 Å². The van der Waals surface area contributed by atoms with Crippen LogP contribution in [0, 0.1) is 0 Å². The zero-order valence-corrected chi connectivity index (χ0v) is 10.4. The minimum Gasteiger partial charge on any atom is -0.0955 e. The fraction of sp³-hybridized carbons (Fsp3) is 1.00. The summed E-state index contributed by atoms with van der Waals surface area (Å²) in [6, 6.07) is 0. The van der Waals surface area contributed by atoms with Crippen LogP contribution in [0.3, 0.4) is 0 Å². The van der Waals surface area contributed by atoms with Crippen LogP contribution in [-0.2, 0) is 0 Å². The van der Waals surface area contributed by atoms with E-state index in [-0.39, 0.29) is 0 Å². The highest BCUT2D eigenvalue weighted by Gasteiger charge is 2.14. The van der Waals surface area contributed by atoms with Gasteiger partial charge in [0.05, 0.1) is 0 Å². The van der Waals surface area contributed by atoms with Crippen molar-refractivity contribution in [2.45, 2.75) is 52.4 Å². The van der Waals surface area contributed by atoms with Crippen LogP contribution in [-0.4, -0.2) is 17.5 Å². The number of hydrogen-bond donors (Lipinski definition) is 0. The van der Waals surface area contributed by atoms with E-state index in [2.05, 4.69) is 34.6 Å². The van der Waals surface area contributed by atoms with E-state index in [0.29, 0.717) is 7.61 Å². The predicted octanol–water partition coefficient (Wildman–Crippen LogP) is 4.29. The lowest BCUT2D eigenvalue weighted by molar-refractivity contribution is 1.02. The molecule has 0 radical (unpaired) electrons. The second kappa shape index (κ2) is 6.38. The molecule has 0 N–H and O–H groups in total. The summed E-state index contributed by atoms with van der Waals surface area (Å²) < 4.78 is 0. The maximum absolute atomic E-state index is 2.38. The Morgan fingerprint density at radius 1 is 1.09 bits per heavy atom. The van der Waals surface area contributed by atoms with Gasteiger partial charge in [0, 0.05) is 0 Å². The molecule has 0 nitrogen and oxygen atoms in total. The maximum atomic E-state index is 2.38. The molecule has 2 heteroatoms. The molecule has 0 rings (SSSR count). The summed E-state index contributed by atoms with van der Waals surface area (Å²) in [6.07, 6.45) is 2.83. The van der Waals surface area contributed by atoms with Crippen molar-refractivity contribution in [1.82, 2.24) is 0 Å². The van der Waals surface area contributed by atoms with Gasteiger partial charge in [-0.15, -0.1) is 0 Å². The molecular formula is C9H22P2. The van der Waals surface area contributed by atoms with Gasteiger partial charge in [-0.3, -0.25) is 0 Å². The molecule has 0 fully saturated rings. The van der Waals surface area contributed by atoms with Gasteiger partial charge >= 0.3 is 0 Å². The van der Waals surface area contributed by atoms with E-state index in [1.54, 1.807) is 0 Å². The molecular weight excluding hydrogens is 170 g/mol. The van der Waals surface area contributed by atoms with Crippen LogP contribution in [0.5, 0.6) is 0 Å². The van der Waals surface area contributed by atoms with Gasteiger partial charge in [-0.05, 0) is 17.5 Å². The van der Waals surface area contributed by atoms with E-state index >= 15 is 0 Å². The van der Waals surface area contributed by atoms with Crippen molar-refractivity contribution in [3.05, 3.63) is 0 Å². The Morgan fingerprint density at radius 2 is 1.55 bits per heavy atom. The van der Waals surface area contributed by atoms with E-state index in [9.17, 15) is 0 Å². The van der Waals surface area contributed by atoms with Crippen molar-refractivity contribution < 1.29 is 0 Å². The Kier molecular flexibility index (Phi) is 6.88. The summed E-state index contributed by atoms with van der Waals surface area (Å²) in [4.78, 5) is 0. The molecule has 0 aliphatic carbocycles. The molecule has 68 valence electrons. The molecule has 0 bridgehead atoms. The smallest absolute Gasteiger partial charge is 0.0227 e. The minimum absolute atomic E-state index is 0.343. The van der Waals surface area contributed by atoms with Crippen LogP contribution >= 0.6 is 15.9 Å². The lowest BCUT2D eigenvalue weighted by atomic mass is 10.5. The molecule has 0 aliphatic heterocycles. The van der Waals surface area contributed by atoms with Crippen molar-refractivity contribution in [2.24, 2.45) is 0 Å². The van der Waals surface area contributed by atoms with E-state index in [4.69, 9.17) is 0 Å². The predicted molar refractivity (Wildman–Crippen MR) is 60.7 cm³/mol. The Balaban J connectivity index is 3.70. The van der Waals surface area contributed by atoms with Crippen molar-refractivity contribution in [2.75, 3.05) is 6.16 Å². The summed E-state index contributed by atoms with van der Waals surface area (Å²) in [5.41, 5.74) is 1.88. The van der Waals surface area contributed by atoms with E-state index in [1.807, 2.05) is 0 Å². The largest absolute Gasteiger partial charge is 0.0955 e. The maximum Gasteiger partial charge on any atom is -0.0227 e. The molecule has 0 saturated heterocycles. The third-order valence-electron chi connectivity index (χ3n) is 1.66. The summed E-state index contributed by atoms with van der Waals surface area (Å²) in [6.45, 7) is 11.8. The quantitative estimate of drug-likeness (QED) is 0.570. The lowest BCUT2D eigenvalue weighted by Crippen LogP contribution is -1.99. The molecule has 0 aromatic rings. The number of hydrogen-bond acceptors (Lipinski definition) is 0. The topological polar surface area (TPSA) is 0 Å². The second-order valence-corrected chi connectivity index (χ2v) is 9.70. The van der Waals surface area contributed by atoms with Gasteiger partial charge in [-0.25, -0.2) is 0 Å². The third kappa shape index (κ3) is 5.15. The summed E-state index contributed by atoms with van der Waals surface area (Å²) in [5, 5.41) is 0. The van der Waals surface area contributed by atoms with Gasteiger partial charge in [0.2, 0.25) is 0 Å². The van der Waals surface area contributed by atoms with Gasteiger partial charge < -0.3 is 0 Å². The van der Waals surface area contributed by atoms with Crippen LogP contribution < -0.4 is 0 Å². The normalized spacial score (nSPS) is 13.1. The first-order chi connectivity index (χ1) is 5.09. The summed E-state index contributed by atoms with van der Waals surface area (Å²) in [7, 11) is 1.59.